The molecule has 1 fully saturated rings. The fourth-order valence-electron chi connectivity index (χ4n) is 3.98. The van der Waals surface area contributed by atoms with Crippen LogP contribution < -0.4 is 5.32 Å². The topological polar surface area (TPSA) is 21.3 Å². The summed E-state index contributed by atoms with van der Waals surface area (Å²) < 4.78 is 5.43. The Labute approximate surface area is 116 Å². The van der Waals surface area contributed by atoms with Crippen molar-refractivity contribution < 1.29 is 4.74 Å². The summed E-state index contributed by atoms with van der Waals surface area (Å²) in [5.74, 6) is 2.46. The van der Waals surface area contributed by atoms with Gasteiger partial charge in [0.15, 0.2) is 0 Å². The molecule has 2 heteroatoms. The van der Waals surface area contributed by atoms with Crippen LogP contribution in [-0.4, -0.2) is 26.3 Å². The highest BCUT2D eigenvalue weighted by atomic mass is 16.5. The van der Waals surface area contributed by atoms with E-state index in [1.807, 2.05) is 7.11 Å². The summed E-state index contributed by atoms with van der Waals surface area (Å²) in [7, 11) is 1.82. The molecule has 0 bridgehead atoms. The lowest BCUT2D eigenvalue weighted by Gasteiger charge is -2.18. The van der Waals surface area contributed by atoms with Crippen LogP contribution in [0.25, 0.3) is 0 Å². The van der Waals surface area contributed by atoms with E-state index in [4.69, 9.17) is 4.74 Å². The average Bonchev–Trinajstić information content (AvgIpc) is 3.18. The van der Waals surface area contributed by atoms with Crippen molar-refractivity contribution in [3.63, 3.8) is 0 Å². The van der Waals surface area contributed by atoms with Gasteiger partial charge in [-0.05, 0) is 54.7 Å². The number of ether oxygens (including phenoxy) is 1. The number of fused-ring (bicyclic) bond motifs is 3. The van der Waals surface area contributed by atoms with Crippen LogP contribution in [0.3, 0.4) is 0 Å². The molecule has 0 heterocycles. The first-order chi connectivity index (χ1) is 9.36. The van der Waals surface area contributed by atoms with Gasteiger partial charge in [-0.25, -0.2) is 0 Å². The molecule has 104 valence electrons. The van der Waals surface area contributed by atoms with Crippen molar-refractivity contribution in [3.8, 4) is 0 Å². The van der Waals surface area contributed by atoms with E-state index < -0.39 is 0 Å². The Morgan fingerprint density at radius 2 is 2.21 bits per heavy atom. The van der Waals surface area contributed by atoms with Gasteiger partial charge in [-0.2, -0.15) is 0 Å². The Kier molecular flexibility index (Phi) is 3.90. The van der Waals surface area contributed by atoms with Gasteiger partial charge in [-0.15, -0.1) is 0 Å². The molecule has 4 unspecified atom stereocenters. The van der Waals surface area contributed by atoms with Gasteiger partial charge >= 0.3 is 0 Å². The van der Waals surface area contributed by atoms with Gasteiger partial charge in [0.05, 0.1) is 6.61 Å². The van der Waals surface area contributed by atoms with E-state index in [-0.39, 0.29) is 0 Å². The quantitative estimate of drug-likeness (QED) is 0.848. The third kappa shape index (κ3) is 2.44. The van der Waals surface area contributed by atoms with Crippen molar-refractivity contribution in [3.05, 3.63) is 35.4 Å². The Balaban J connectivity index is 1.74. The van der Waals surface area contributed by atoms with Crippen LogP contribution in [0.4, 0.5) is 0 Å². The molecule has 19 heavy (non-hydrogen) atoms. The molecule has 0 aliphatic heterocycles. The molecule has 2 aliphatic carbocycles. The zero-order valence-electron chi connectivity index (χ0n) is 12.1. The SMILES string of the molecule is CCCNC(COC)C1C2CCc3ccccc3C21. The van der Waals surface area contributed by atoms with Crippen LogP contribution in [0.1, 0.15) is 36.8 Å². The van der Waals surface area contributed by atoms with E-state index in [1.165, 1.54) is 19.3 Å². The number of hydrogen-bond donors (Lipinski definition) is 1. The smallest absolute Gasteiger partial charge is 0.0618 e. The second-order valence-corrected chi connectivity index (χ2v) is 6.02. The number of aryl methyl sites for hydroxylation is 1. The minimum absolute atomic E-state index is 0.533. The summed E-state index contributed by atoms with van der Waals surface area (Å²) in [5, 5.41) is 3.69. The van der Waals surface area contributed by atoms with Gasteiger partial charge in [0, 0.05) is 13.2 Å². The van der Waals surface area contributed by atoms with Crippen LogP contribution in [0, 0.1) is 11.8 Å². The second-order valence-electron chi connectivity index (χ2n) is 6.02. The van der Waals surface area contributed by atoms with Crippen molar-refractivity contribution in [2.45, 2.75) is 38.1 Å². The van der Waals surface area contributed by atoms with E-state index >= 15 is 0 Å². The summed E-state index contributed by atoms with van der Waals surface area (Å²) in [5.41, 5.74) is 3.20. The maximum atomic E-state index is 5.43. The number of nitrogens with one attached hydrogen (secondary N) is 1. The van der Waals surface area contributed by atoms with Crippen molar-refractivity contribution in [2.75, 3.05) is 20.3 Å². The van der Waals surface area contributed by atoms with Crippen molar-refractivity contribution in [1.29, 1.82) is 0 Å². The first-order valence-electron chi connectivity index (χ1n) is 7.67. The first kappa shape index (κ1) is 13.1. The average molecular weight is 259 g/mol. The standard InChI is InChI=1S/C17H25NO/c1-3-10-18-15(11-19-2)17-14-9-8-12-6-4-5-7-13(12)16(14)17/h4-7,14-18H,3,8-11H2,1-2H3. The predicted octanol–water partition coefficient (Wildman–Crippen LogP) is 2.98. The monoisotopic (exact) mass is 259 g/mol. The second kappa shape index (κ2) is 5.64. The maximum Gasteiger partial charge on any atom is 0.0618 e. The molecule has 1 aromatic carbocycles. The fraction of sp³-hybridized carbons (Fsp3) is 0.647. The molecule has 4 atom stereocenters. The molecule has 0 aromatic heterocycles. The molecule has 3 rings (SSSR count). The zero-order valence-corrected chi connectivity index (χ0v) is 12.1. The lowest BCUT2D eigenvalue weighted by atomic mass is 9.92. The largest absolute Gasteiger partial charge is 0.383 e. The predicted molar refractivity (Wildman–Crippen MR) is 78.4 cm³/mol. The Morgan fingerprint density at radius 1 is 1.37 bits per heavy atom. The third-order valence-corrected chi connectivity index (χ3v) is 4.86. The normalized spacial score (nSPS) is 29.5. The lowest BCUT2D eigenvalue weighted by Crippen LogP contribution is -2.36. The third-order valence-electron chi connectivity index (χ3n) is 4.86. The molecule has 0 radical (unpaired) electrons. The zero-order chi connectivity index (χ0) is 13.2. The summed E-state index contributed by atoms with van der Waals surface area (Å²) >= 11 is 0. The molecule has 2 nitrogen and oxygen atoms in total. The van der Waals surface area contributed by atoms with Gasteiger partial charge in [0.25, 0.3) is 0 Å². The summed E-state index contributed by atoms with van der Waals surface area (Å²) in [4.78, 5) is 0. The van der Waals surface area contributed by atoms with Crippen molar-refractivity contribution in [2.24, 2.45) is 11.8 Å². The van der Waals surface area contributed by atoms with Gasteiger partial charge in [-0.1, -0.05) is 31.2 Å². The molecule has 0 spiro atoms. The molecular weight excluding hydrogens is 234 g/mol. The van der Waals surface area contributed by atoms with Crippen molar-refractivity contribution in [1.82, 2.24) is 5.32 Å². The number of hydrogen-bond acceptors (Lipinski definition) is 2. The molecule has 1 aromatic rings. The van der Waals surface area contributed by atoms with Gasteiger partial charge in [0.1, 0.15) is 0 Å². The fourth-order valence-corrected chi connectivity index (χ4v) is 3.98. The van der Waals surface area contributed by atoms with E-state index in [0.717, 1.165) is 30.9 Å². The van der Waals surface area contributed by atoms with Crippen LogP contribution in [0.15, 0.2) is 24.3 Å². The first-order valence-corrected chi connectivity index (χ1v) is 7.67. The van der Waals surface area contributed by atoms with E-state index in [9.17, 15) is 0 Å². The summed E-state index contributed by atoms with van der Waals surface area (Å²) in [6, 6.07) is 9.56. The Bertz CT molecular complexity index is 431. The van der Waals surface area contributed by atoms with Crippen molar-refractivity contribution >= 4 is 0 Å². The van der Waals surface area contributed by atoms with Crippen LogP contribution in [0.5, 0.6) is 0 Å². The summed E-state index contributed by atoms with van der Waals surface area (Å²) in [6.07, 6.45) is 3.82. The van der Waals surface area contributed by atoms with Gasteiger partial charge < -0.3 is 10.1 Å². The highest BCUT2D eigenvalue weighted by Crippen LogP contribution is 2.61. The molecule has 2 aliphatic rings. The molecule has 1 saturated carbocycles. The maximum absolute atomic E-state index is 5.43. The highest BCUT2D eigenvalue weighted by Gasteiger charge is 2.55. The van der Waals surface area contributed by atoms with E-state index in [0.29, 0.717) is 6.04 Å². The van der Waals surface area contributed by atoms with Crippen LogP contribution >= 0.6 is 0 Å². The Hall–Kier alpha value is -0.860. The molecule has 1 N–H and O–H groups in total. The number of benzene rings is 1. The van der Waals surface area contributed by atoms with Gasteiger partial charge in [0.2, 0.25) is 0 Å². The Morgan fingerprint density at radius 3 is 3.00 bits per heavy atom. The lowest BCUT2D eigenvalue weighted by molar-refractivity contribution is 0.154. The van der Waals surface area contributed by atoms with E-state index in [1.54, 1.807) is 11.1 Å². The van der Waals surface area contributed by atoms with Crippen LogP contribution in [0.2, 0.25) is 0 Å². The molecular formula is C17H25NO. The highest BCUT2D eigenvalue weighted by molar-refractivity contribution is 5.40. The minimum Gasteiger partial charge on any atom is -0.383 e. The molecule has 0 amide bonds. The van der Waals surface area contributed by atoms with Gasteiger partial charge in [-0.3, -0.25) is 0 Å². The number of rotatable bonds is 6. The summed E-state index contributed by atoms with van der Waals surface area (Å²) in [6.45, 7) is 4.18. The number of methoxy groups -OCH3 is 1. The van der Waals surface area contributed by atoms with E-state index in [2.05, 4.69) is 36.5 Å². The minimum atomic E-state index is 0.533. The van der Waals surface area contributed by atoms with Crippen LogP contribution in [-0.2, 0) is 11.2 Å². The molecule has 0 saturated heterocycles.